The van der Waals surface area contributed by atoms with Crippen LogP contribution in [0.1, 0.15) is 5.56 Å². The monoisotopic (exact) mass is 355 g/mol. The van der Waals surface area contributed by atoms with Gasteiger partial charge in [-0.15, -0.1) is 0 Å². The van der Waals surface area contributed by atoms with Gasteiger partial charge >= 0.3 is 21.6 Å². The fourth-order valence-corrected chi connectivity index (χ4v) is 1.71. The van der Waals surface area contributed by atoms with Gasteiger partial charge in [-0.2, -0.15) is 21.6 Å². The van der Waals surface area contributed by atoms with Gasteiger partial charge in [-0.05, 0) is 11.6 Å². The van der Waals surface area contributed by atoms with E-state index in [0.717, 1.165) is 19.2 Å². The number of carbonyl (C=O) groups excluding carboxylic acids is 1. The number of halogens is 3. The number of carbonyl (C=O) groups is 1. The topological polar surface area (TPSA) is 113 Å². The van der Waals surface area contributed by atoms with Gasteiger partial charge in [0.25, 0.3) is 5.69 Å². The molecule has 12 heteroatoms. The quantitative estimate of drug-likeness (QED) is 0.151. The molecule has 0 aliphatic carbocycles. The minimum absolute atomic E-state index is 0.142. The lowest BCUT2D eigenvalue weighted by Gasteiger charge is -2.11. The normalized spacial score (nSPS) is 12.6. The predicted molar refractivity (Wildman–Crippen MR) is 69.1 cm³/mol. The van der Waals surface area contributed by atoms with Crippen molar-refractivity contribution >= 4 is 27.9 Å². The number of benzene rings is 1. The maximum Gasteiger partial charge on any atom is 0.534 e. The molecule has 1 aromatic carbocycles. The van der Waals surface area contributed by atoms with Crippen molar-refractivity contribution in [2.24, 2.45) is 0 Å². The zero-order valence-corrected chi connectivity index (χ0v) is 12.1. The van der Waals surface area contributed by atoms with Crippen LogP contribution in [0.2, 0.25) is 0 Å². The Morgan fingerprint density at radius 2 is 1.96 bits per heavy atom. The van der Waals surface area contributed by atoms with Gasteiger partial charge in [0, 0.05) is 12.1 Å². The Hall–Kier alpha value is -2.63. The molecule has 0 aliphatic heterocycles. The van der Waals surface area contributed by atoms with Crippen molar-refractivity contribution in [3.8, 4) is 0 Å². The summed E-state index contributed by atoms with van der Waals surface area (Å²) in [6, 6.07) is 4.34. The van der Waals surface area contributed by atoms with E-state index in [1.54, 1.807) is 0 Å². The van der Waals surface area contributed by atoms with E-state index in [9.17, 15) is 36.5 Å². The van der Waals surface area contributed by atoms with E-state index in [1.807, 2.05) is 0 Å². The molecule has 23 heavy (non-hydrogen) atoms. The van der Waals surface area contributed by atoms with E-state index >= 15 is 0 Å². The summed E-state index contributed by atoms with van der Waals surface area (Å²) in [6.45, 7) is 0. The summed E-state index contributed by atoms with van der Waals surface area (Å²) in [7, 11) is -5.32. The van der Waals surface area contributed by atoms with Crippen molar-refractivity contribution in [2.45, 2.75) is 5.51 Å². The molecule has 8 nitrogen and oxygen atoms in total. The fourth-order valence-electron chi connectivity index (χ4n) is 1.26. The van der Waals surface area contributed by atoms with Gasteiger partial charge in [0.05, 0.1) is 12.0 Å². The molecule has 0 saturated carbocycles. The third-order valence-electron chi connectivity index (χ3n) is 2.25. The van der Waals surface area contributed by atoms with Crippen molar-refractivity contribution < 1.29 is 40.2 Å². The standard InChI is InChI=1S/C11H8F3NO7S/c1-21-10(16)9(22-23(19,20)11(12,13)14)6-7-3-2-4-8(5-7)15(17)18/h2-6H,1H3/b9-6+. The highest BCUT2D eigenvalue weighted by Gasteiger charge is 2.49. The Labute approximate surface area is 127 Å². The number of esters is 1. The molecule has 0 atom stereocenters. The maximum atomic E-state index is 12.3. The molecule has 0 aliphatic rings. The highest BCUT2D eigenvalue weighted by Crippen LogP contribution is 2.27. The van der Waals surface area contributed by atoms with Gasteiger partial charge in [0.1, 0.15) is 0 Å². The lowest BCUT2D eigenvalue weighted by atomic mass is 10.2. The van der Waals surface area contributed by atoms with Crippen LogP contribution in [0.4, 0.5) is 18.9 Å². The second-order valence-corrected chi connectivity index (χ2v) is 5.37. The van der Waals surface area contributed by atoms with Crippen LogP contribution >= 0.6 is 0 Å². The van der Waals surface area contributed by atoms with Gasteiger partial charge < -0.3 is 8.92 Å². The highest BCUT2D eigenvalue weighted by atomic mass is 32.2. The summed E-state index contributed by atoms with van der Waals surface area (Å²) in [4.78, 5) is 21.2. The number of nitro benzene ring substituents is 1. The van der Waals surface area contributed by atoms with E-state index in [1.165, 1.54) is 12.1 Å². The van der Waals surface area contributed by atoms with E-state index < -0.39 is 38.0 Å². The van der Waals surface area contributed by atoms with Crippen molar-refractivity contribution in [1.29, 1.82) is 0 Å². The molecule has 0 saturated heterocycles. The van der Waals surface area contributed by atoms with E-state index in [4.69, 9.17) is 0 Å². The van der Waals surface area contributed by atoms with Crippen LogP contribution in [0.3, 0.4) is 0 Å². The molecule has 1 aromatic rings. The summed E-state index contributed by atoms with van der Waals surface area (Å²) >= 11 is 0. The van der Waals surface area contributed by atoms with E-state index in [-0.39, 0.29) is 5.56 Å². The second kappa shape index (κ2) is 6.64. The maximum absolute atomic E-state index is 12.3. The van der Waals surface area contributed by atoms with Crippen LogP contribution in [0.15, 0.2) is 30.0 Å². The number of hydrogen-bond donors (Lipinski definition) is 0. The fraction of sp³-hybridized carbons (Fsp3) is 0.182. The molecular weight excluding hydrogens is 347 g/mol. The largest absolute Gasteiger partial charge is 0.534 e. The molecule has 0 N–H and O–H groups in total. The SMILES string of the molecule is COC(=O)/C(=C\c1cccc([N+](=O)[O-])c1)OS(=O)(=O)C(F)(F)F. The van der Waals surface area contributed by atoms with Gasteiger partial charge in [0.2, 0.25) is 5.76 Å². The molecule has 0 fully saturated rings. The molecule has 126 valence electrons. The first-order valence-electron chi connectivity index (χ1n) is 5.53. The minimum Gasteiger partial charge on any atom is -0.463 e. The zero-order valence-electron chi connectivity index (χ0n) is 11.2. The first-order chi connectivity index (χ1) is 10.5. The highest BCUT2D eigenvalue weighted by molar-refractivity contribution is 7.87. The van der Waals surface area contributed by atoms with Crippen molar-refractivity contribution in [1.82, 2.24) is 0 Å². The molecule has 0 spiro atoms. The lowest BCUT2D eigenvalue weighted by Crippen LogP contribution is -2.27. The number of non-ortho nitro benzene ring substituents is 1. The summed E-state index contributed by atoms with van der Waals surface area (Å²) < 4.78 is 66.6. The van der Waals surface area contributed by atoms with Gasteiger partial charge in [-0.3, -0.25) is 10.1 Å². The predicted octanol–water partition coefficient (Wildman–Crippen LogP) is 1.97. The van der Waals surface area contributed by atoms with Crippen molar-refractivity contribution in [3.63, 3.8) is 0 Å². The number of nitro groups is 1. The number of rotatable bonds is 5. The second-order valence-electron chi connectivity index (χ2n) is 3.84. The van der Waals surface area contributed by atoms with Crippen LogP contribution in [-0.2, 0) is 23.8 Å². The number of nitrogens with zero attached hydrogens (tertiary/aromatic N) is 1. The van der Waals surface area contributed by atoms with Crippen molar-refractivity contribution in [3.05, 3.63) is 45.7 Å². The number of hydrogen-bond acceptors (Lipinski definition) is 7. The van der Waals surface area contributed by atoms with E-state index in [0.29, 0.717) is 6.08 Å². The summed E-state index contributed by atoms with van der Waals surface area (Å²) in [5, 5.41) is 10.6. The molecule has 0 amide bonds. The third-order valence-corrected chi connectivity index (χ3v) is 3.21. The first-order valence-corrected chi connectivity index (χ1v) is 6.94. The molecule has 0 aromatic heterocycles. The van der Waals surface area contributed by atoms with Gasteiger partial charge in [-0.1, -0.05) is 12.1 Å². The van der Waals surface area contributed by atoms with Crippen LogP contribution < -0.4 is 0 Å². The van der Waals surface area contributed by atoms with Gasteiger partial charge in [0.15, 0.2) is 0 Å². The van der Waals surface area contributed by atoms with Crippen LogP contribution in [-0.4, -0.2) is 31.9 Å². The molecule has 0 radical (unpaired) electrons. The molecule has 0 bridgehead atoms. The number of methoxy groups -OCH3 is 1. The van der Waals surface area contributed by atoms with Crippen LogP contribution in [0.5, 0.6) is 0 Å². The Morgan fingerprint density at radius 1 is 1.35 bits per heavy atom. The number of alkyl halides is 3. The summed E-state index contributed by atoms with van der Waals surface area (Å²) in [5.41, 5.74) is -6.33. The summed E-state index contributed by atoms with van der Waals surface area (Å²) in [5.74, 6) is -2.81. The lowest BCUT2D eigenvalue weighted by molar-refractivity contribution is -0.384. The number of ether oxygens (including phenoxy) is 1. The molecular formula is C11H8F3NO7S. The van der Waals surface area contributed by atoms with Crippen LogP contribution in [0.25, 0.3) is 6.08 Å². The van der Waals surface area contributed by atoms with Crippen molar-refractivity contribution in [2.75, 3.05) is 7.11 Å². The third kappa shape index (κ3) is 4.67. The average Bonchev–Trinajstić information content (AvgIpc) is 2.44. The Balaban J connectivity index is 3.30. The van der Waals surface area contributed by atoms with Gasteiger partial charge in [-0.25, -0.2) is 4.79 Å². The van der Waals surface area contributed by atoms with E-state index in [2.05, 4.69) is 8.92 Å². The Bertz CT molecular complexity index is 755. The smallest absolute Gasteiger partial charge is 0.463 e. The molecule has 0 unspecified atom stereocenters. The Kier molecular flexibility index (Phi) is 5.32. The molecule has 1 rings (SSSR count). The zero-order chi connectivity index (χ0) is 17.8. The minimum atomic E-state index is -6.10. The van der Waals surface area contributed by atoms with Crippen LogP contribution in [0, 0.1) is 10.1 Å². The molecule has 0 heterocycles. The average molecular weight is 355 g/mol. The first kappa shape index (κ1) is 18.4. The summed E-state index contributed by atoms with van der Waals surface area (Å²) in [6.07, 6.45) is 0.572. The Morgan fingerprint density at radius 3 is 2.43 bits per heavy atom.